The molecular formula is C15H12BrClN2OS. The van der Waals surface area contributed by atoms with E-state index in [2.05, 4.69) is 33.1 Å². The Morgan fingerprint density at radius 1 is 1.43 bits per heavy atom. The summed E-state index contributed by atoms with van der Waals surface area (Å²) in [5, 5.41) is 5.28. The largest absolute Gasteiger partial charge is 0.347 e. The van der Waals surface area contributed by atoms with E-state index in [0.29, 0.717) is 22.7 Å². The summed E-state index contributed by atoms with van der Waals surface area (Å²) in [6.07, 6.45) is 0. The lowest BCUT2D eigenvalue weighted by atomic mass is 10.1. The summed E-state index contributed by atoms with van der Waals surface area (Å²) < 4.78 is 1.02. The van der Waals surface area contributed by atoms with Gasteiger partial charge in [-0.05, 0) is 40.2 Å². The lowest BCUT2D eigenvalue weighted by Gasteiger charge is -2.05. The number of nitrogens with two attached hydrogens (primary N) is 1. The summed E-state index contributed by atoms with van der Waals surface area (Å²) in [4.78, 5) is 13.1. The Kier molecular flexibility index (Phi) is 5.83. The molecule has 1 heterocycles. The van der Waals surface area contributed by atoms with Crippen molar-refractivity contribution in [3.8, 4) is 11.8 Å². The van der Waals surface area contributed by atoms with Crippen LogP contribution in [0.3, 0.4) is 0 Å². The summed E-state index contributed by atoms with van der Waals surface area (Å²) in [5.41, 5.74) is 6.49. The van der Waals surface area contributed by atoms with Gasteiger partial charge in [0, 0.05) is 25.9 Å². The molecule has 108 valence electrons. The molecule has 3 nitrogen and oxygen atoms in total. The van der Waals surface area contributed by atoms with Crippen molar-refractivity contribution in [3.63, 3.8) is 0 Å². The van der Waals surface area contributed by atoms with Crippen molar-refractivity contribution in [2.45, 2.75) is 6.54 Å². The average molecular weight is 384 g/mol. The molecule has 0 spiro atoms. The molecule has 0 unspecified atom stereocenters. The number of carbonyl (C=O) groups excluding carboxylic acids is 1. The molecule has 0 saturated carbocycles. The highest BCUT2D eigenvalue weighted by molar-refractivity contribution is 9.10. The van der Waals surface area contributed by atoms with E-state index < -0.39 is 0 Å². The van der Waals surface area contributed by atoms with E-state index in [0.717, 1.165) is 9.35 Å². The molecule has 1 aromatic carbocycles. The average Bonchev–Trinajstić information content (AvgIpc) is 2.89. The highest BCUT2D eigenvalue weighted by atomic mass is 79.9. The molecule has 0 saturated heterocycles. The van der Waals surface area contributed by atoms with Crippen LogP contribution in [0.2, 0.25) is 5.02 Å². The number of thiophene rings is 1. The monoisotopic (exact) mass is 382 g/mol. The first kappa shape index (κ1) is 16.1. The fraction of sp³-hybridized carbons (Fsp3) is 0.133. The smallest absolute Gasteiger partial charge is 0.251 e. The van der Waals surface area contributed by atoms with Crippen LogP contribution in [0.25, 0.3) is 0 Å². The number of benzene rings is 1. The van der Waals surface area contributed by atoms with Crippen LogP contribution in [0.1, 0.15) is 20.8 Å². The van der Waals surface area contributed by atoms with Crippen molar-refractivity contribution < 1.29 is 4.79 Å². The Hall–Kier alpha value is -1.32. The van der Waals surface area contributed by atoms with Crippen LogP contribution in [0.5, 0.6) is 0 Å². The second kappa shape index (κ2) is 7.62. The maximum Gasteiger partial charge on any atom is 0.251 e. The van der Waals surface area contributed by atoms with Crippen LogP contribution >= 0.6 is 38.9 Å². The highest BCUT2D eigenvalue weighted by Crippen LogP contribution is 2.20. The maximum atomic E-state index is 12.1. The molecule has 3 N–H and O–H groups in total. The Balaban J connectivity index is 2.04. The summed E-state index contributed by atoms with van der Waals surface area (Å²) >= 11 is 11.1. The molecule has 0 radical (unpaired) electrons. The van der Waals surface area contributed by atoms with Crippen LogP contribution in [0.15, 0.2) is 34.1 Å². The van der Waals surface area contributed by atoms with E-state index >= 15 is 0 Å². The lowest BCUT2D eigenvalue weighted by Crippen LogP contribution is -2.22. The number of halogens is 2. The molecule has 0 aliphatic heterocycles. The van der Waals surface area contributed by atoms with Gasteiger partial charge in [0.2, 0.25) is 0 Å². The molecule has 0 aliphatic rings. The van der Waals surface area contributed by atoms with E-state index in [1.807, 2.05) is 11.4 Å². The van der Waals surface area contributed by atoms with Crippen LogP contribution in [0, 0.1) is 11.8 Å². The van der Waals surface area contributed by atoms with Gasteiger partial charge in [-0.15, -0.1) is 11.3 Å². The molecule has 2 aromatic rings. The quantitative estimate of drug-likeness (QED) is 0.798. The molecule has 0 aliphatic carbocycles. The van der Waals surface area contributed by atoms with Crippen molar-refractivity contribution in [3.05, 3.63) is 55.1 Å². The van der Waals surface area contributed by atoms with Gasteiger partial charge in [0.15, 0.2) is 0 Å². The third kappa shape index (κ3) is 4.58. The predicted octanol–water partition coefficient (Wildman–Crippen LogP) is 3.40. The Labute approximate surface area is 140 Å². The topological polar surface area (TPSA) is 55.1 Å². The standard InChI is InChI=1S/C15H12BrClN2OS/c16-12-7-13(21-9-12)8-19-15(20)11-4-3-10(2-1-5-18)14(17)6-11/h3-4,6-7,9H,5,8,18H2,(H,19,20). The number of hydrogen-bond acceptors (Lipinski definition) is 3. The molecule has 0 atom stereocenters. The highest BCUT2D eigenvalue weighted by Gasteiger charge is 2.08. The third-order valence-electron chi connectivity index (χ3n) is 2.60. The number of carbonyl (C=O) groups is 1. The van der Waals surface area contributed by atoms with Crippen molar-refractivity contribution in [2.75, 3.05) is 6.54 Å². The number of rotatable bonds is 3. The van der Waals surface area contributed by atoms with Crippen molar-refractivity contribution in [1.82, 2.24) is 5.32 Å². The third-order valence-corrected chi connectivity index (χ3v) is 4.61. The molecule has 0 bridgehead atoms. The van der Waals surface area contributed by atoms with E-state index in [1.165, 1.54) is 0 Å². The summed E-state index contributed by atoms with van der Waals surface area (Å²) in [5.74, 6) is 5.42. The van der Waals surface area contributed by atoms with Gasteiger partial charge in [-0.3, -0.25) is 4.79 Å². The Morgan fingerprint density at radius 3 is 2.86 bits per heavy atom. The zero-order valence-corrected chi connectivity index (χ0v) is 14.1. The summed E-state index contributed by atoms with van der Waals surface area (Å²) in [7, 11) is 0. The minimum Gasteiger partial charge on any atom is -0.347 e. The number of hydrogen-bond donors (Lipinski definition) is 2. The summed E-state index contributed by atoms with van der Waals surface area (Å²) in [6, 6.07) is 7.01. The zero-order valence-electron chi connectivity index (χ0n) is 11.0. The minimum atomic E-state index is -0.167. The minimum absolute atomic E-state index is 0.167. The molecule has 1 aromatic heterocycles. The van der Waals surface area contributed by atoms with E-state index in [4.69, 9.17) is 17.3 Å². The fourth-order valence-corrected chi connectivity index (χ4v) is 3.24. The van der Waals surface area contributed by atoms with Gasteiger partial charge >= 0.3 is 0 Å². The molecule has 0 fully saturated rings. The SMILES string of the molecule is NCC#Cc1ccc(C(=O)NCc2cc(Br)cs2)cc1Cl. The van der Waals surface area contributed by atoms with Crippen molar-refractivity contribution in [1.29, 1.82) is 0 Å². The first-order valence-electron chi connectivity index (χ1n) is 6.09. The molecule has 6 heteroatoms. The normalized spacial score (nSPS) is 9.86. The fourth-order valence-electron chi connectivity index (χ4n) is 1.62. The Morgan fingerprint density at radius 2 is 2.24 bits per heavy atom. The first-order valence-corrected chi connectivity index (χ1v) is 8.15. The van der Waals surface area contributed by atoms with Gasteiger partial charge in [-0.1, -0.05) is 23.4 Å². The van der Waals surface area contributed by atoms with Crippen molar-refractivity contribution >= 4 is 44.8 Å². The van der Waals surface area contributed by atoms with Crippen molar-refractivity contribution in [2.24, 2.45) is 5.73 Å². The van der Waals surface area contributed by atoms with E-state index in [9.17, 15) is 4.79 Å². The van der Waals surface area contributed by atoms with Gasteiger partial charge in [0.1, 0.15) is 0 Å². The van der Waals surface area contributed by atoms with Gasteiger partial charge in [-0.2, -0.15) is 0 Å². The zero-order chi connectivity index (χ0) is 15.2. The van der Waals surface area contributed by atoms with Crippen LogP contribution in [0.4, 0.5) is 0 Å². The second-order valence-electron chi connectivity index (χ2n) is 4.11. The van der Waals surface area contributed by atoms with Gasteiger partial charge in [0.05, 0.1) is 18.1 Å². The van der Waals surface area contributed by atoms with Crippen LogP contribution in [-0.2, 0) is 6.54 Å². The van der Waals surface area contributed by atoms with E-state index in [-0.39, 0.29) is 12.5 Å². The van der Waals surface area contributed by atoms with Gasteiger partial charge in [0.25, 0.3) is 5.91 Å². The second-order valence-corrected chi connectivity index (χ2v) is 6.43. The van der Waals surface area contributed by atoms with E-state index in [1.54, 1.807) is 29.5 Å². The van der Waals surface area contributed by atoms with Gasteiger partial charge < -0.3 is 11.1 Å². The predicted molar refractivity (Wildman–Crippen MR) is 90.6 cm³/mol. The molecule has 21 heavy (non-hydrogen) atoms. The number of amides is 1. The number of nitrogens with one attached hydrogen (secondary N) is 1. The lowest BCUT2D eigenvalue weighted by molar-refractivity contribution is 0.0951. The molecular weight excluding hydrogens is 372 g/mol. The molecule has 1 amide bonds. The summed E-state index contributed by atoms with van der Waals surface area (Å²) in [6.45, 7) is 0.760. The first-order chi connectivity index (χ1) is 10.1. The van der Waals surface area contributed by atoms with Crippen LogP contribution < -0.4 is 11.1 Å². The Bertz CT molecular complexity index is 718. The van der Waals surface area contributed by atoms with Crippen LogP contribution in [-0.4, -0.2) is 12.5 Å². The maximum absolute atomic E-state index is 12.1. The molecule has 2 rings (SSSR count). The van der Waals surface area contributed by atoms with Gasteiger partial charge in [-0.25, -0.2) is 0 Å².